The van der Waals surface area contributed by atoms with E-state index in [2.05, 4.69) is 44.5 Å². The summed E-state index contributed by atoms with van der Waals surface area (Å²) in [6, 6.07) is 9.13. The number of likely N-dealkylation sites (tertiary alicyclic amines) is 1. The first-order valence-electron chi connectivity index (χ1n) is 11.4. The molecule has 1 fully saturated rings. The molecule has 3 aliphatic heterocycles. The number of carbonyl (C=O) groups excluding carboxylic acids is 1. The number of hydrogen-bond acceptors (Lipinski definition) is 5. The molecule has 0 unspecified atom stereocenters. The molecule has 1 saturated heterocycles. The number of aromatic nitrogens is 2. The summed E-state index contributed by atoms with van der Waals surface area (Å²) in [7, 11) is 1.93. The van der Waals surface area contributed by atoms with Crippen LogP contribution in [0, 0.1) is 0 Å². The molecule has 0 saturated carbocycles. The van der Waals surface area contributed by atoms with E-state index in [0.29, 0.717) is 25.6 Å². The summed E-state index contributed by atoms with van der Waals surface area (Å²) in [5.74, 6) is 0.270. The minimum absolute atomic E-state index is 0.270. The second kappa shape index (κ2) is 7.98. The van der Waals surface area contributed by atoms with Gasteiger partial charge < -0.3 is 4.90 Å². The zero-order valence-electron chi connectivity index (χ0n) is 18.3. The van der Waals surface area contributed by atoms with Gasteiger partial charge in [0, 0.05) is 54.9 Å². The molecule has 0 bridgehead atoms. The van der Waals surface area contributed by atoms with E-state index in [1.807, 2.05) is 35.5 Å². The number of carbonyl (C=O) groups is 1. The van der Waals surface area contributed by atoms with Crippen molar-refractivity contribution in [3.8, 4) is 0 Å². The van der Waals surface area contributed by atoms with Gasteiger partial charge in [0.05, 0.1) is 24.9 Å². The van der Waals surface area contributed by atoms with E-state index in [1.54, 1.807) is 0 Å². The average Bonchev–Trinajstić information content (AvgIpc) is 3.53. The number of rotatable bonds is 4. The van der Waals surface area contributed by atoms with Gasteiger partial charge in [-0.3, -0.25) is 19.4 Å². The molecule has 1 aromatic carbocycles. The molecule has 0 N–H and O–H groups in total. The molecule has 0 radical (unpaired) electrons. The van der Waals surface area contributed by atoms with E-state index in [4.69, 9.17) is 4.99 Å². The Balaban J connectivity index is 1.23. The van der Waals surface area contributed by atoms with Crippen molar-refractivity contribution in [1.29, 1.82) is 0 Å². The third kappa shape index (κ3) is 3.59. The highest BCUT2D eigenvalue weighted by Crippen LogP contribution is 2.32. The van der Waals surface area contributed by atoms with Crippen LogP contribution in [0.25, 0.3) is 0 Å². The highest BCUT2D eigenvalue weighted by molar-refractivity contribution is 7.09. The van der Waals surface area contributed by atoms with Gasteiger partial charge in [0.1, 0.15) is 0 Å². The van der Waals surface area contributed by atoms with Crippen molar-refractivity contribution in [2.75, 3.05) is 13.1 Å². The van der Waals surface area contributed by atoms with Crippen molar-refractivity contribution in [3.63, 3.8) is 0 Å². The standard InChI is InChI=1S/C25H27N5OS/c1-28-13-20(12-27-28)25-23-9-19-14-30(24(31)10-17(19)8-18(23)11-26-25)21-4-2-6-29(15-21)16-22-5-3-7-32-22/h3,5,7-9,12-13,21H,2,4,6,10-11,14-16H2,1H3/t21-/m1/s1. The lowest BCUT2D eigenvalue weighted by Gasteiger charge is -2.41. The Bertz CT molecular complexity index is 1200. The van der Waals surface area contributed by atoms with E-state index in [1.165, 1.54) is 27.1 Å². The minimum Gasteiger partial charge on any atom is -0.334 e. The second-order valence-electron chi connectivity index (χ2n) is 9.15. The quantitative estimate of drug-likeness (QED) is 0.619. The summed E-state index contributed by atoms with van der Waals surface area (Å²) >= 11 is 1.82. The Morgan fingerprint density at radius 2 is 2.16 bits per heavy atom. The SMILES string of the molecule is Cn1cc(C2=NCc3cc4c(cc32)CN([C@@H]2CCCN(Cc3cccs3)C2)C(=O)C4)cn1. The zero-order chi connectivity index (χ0) is 21.7. The van der Waals surface area contributed by atoms with Crippen LogP contribution in [0.15, 0.2) is 47.0 Å². The first-order chi connectivity index (χ1) is 15.6. The van der Waals surface area contributed by atoms with Gasteiger partial charge in [-0.05, 0) is 53.6 Å². The number of aryl methyl sites for hydroxylation is 1. The van der Waals surface area contributed by atoms with Gasteiger partial charge >= 0.3 is 0 Å². The van der Waals surface area contributed by atoms with Gasteiger partial charge in [-0.15, -0.1) is 11.3 Å². The van der Waals surface area contributed by atoms with E-state index in [-0.39, 0.29) is 5.91 Å². The first-order valence-corrected chi connectivity index (χ1v) is 12.2. The van der Waals surface area contributed by atoms with Crippen LogP contribution in [0.5, 0.6) is 0 Å². The first kappa shape index (κ1) is 19.9. The Labute approximate surface area is 192 Å². The highest BCUT2D eigenvalue weighted by atomic mass is 32.1. The topological polar surface area (TPSA) is 53.7 Å². The fourth-order valence-corrected chi connectivity index (χ4v) is 6.11. The Morgan fingerprint density at radius 1 is 1.22 bits per heavy atom. The van der Waals surface area contributed by atoms with Crippen molar-refractivity contribution in [3.05, 3.63) is 74.7 Å². The molecule has 0 spiro atoms. The van der Waals surface area contributed by atoms with Gasteiger partial charge in [-0.25, -0.2) is 0 Å². The van der Waals surface area contributed by atoms with Crippen LogP contribution in [-0.4, -0.2) is 50.3 Å². The summed E-state index contributed by atoms with van der Waals surface area (Å²) in [6.45, 7) is 4.47. The van der Waals surface area contributed by atoms with Crippen molar-refractivity contribution < 1.29 is 4.79 Å². The lowest BCUT2D eigenvalue weighted by Crippen LogP contribution is -2.51. The van der Waals surface area contributed by atoms with Gasteiger partial charge in [-0.1, -0.05) is 12.1 Å². The number of piperidine rings is 1. The van der Waals surface area contributed by atoms with E-state index >= 15 is 0 Å². The Kier molecular flexibility index (Phi) is 4.96. The van der Waals surface area contributed by atoms with Crippen LogP contribution >= 0.6 is 11.3 Å². The third-order valence-corrected chi connectivity index (χ3v) is 7.81. The molecule has 3 aliphatic rings. The van der Waals surface area contributed by atoms with Crippen LogP contribution in [0.2, 0.25) is 0 Å². The summed E-state index contributed by atoms with van der Waals surface area (Å²) in [4.78, 5) is 24.0. The van der Waals surface area contributed by atoms with E-state index in [0.717, 1.165) is 43.8 Å². The smallest absolute Gasteiger partial charge is 0.227 e. The average molecular weight is 446 g/mol. The lowest BCUT2D eigenvalue weighted by atomic mass is 9.90. The highest BCUT2D eigenvalue weighted by Gasteiger charge is 2.33. The number of nitrogens with zero attached hydrogens (tertiary/aromatic N) is 5. The van der Waals surface area contributed by atoms with Crippen LogP contribution in [0.3, 0.4) is 0 Å². The number of thiophene rings is 1. The lowest BCUT2D eigenvalue weighted by molar-refractivity contribution is -0.135. The molecule has 2 aromatic heterocycles. The maximum absolute atomic E-state index is 13.1. The molecule has 5 heterocycles. The van der Waals surface area contributed by atoms with Crippen LogP contribution in [-0.2, 0) is 37.9 Å². The maximum atomic E-state index is 13.1. The minimum atomic E-state index is 0.270. The van der Waals surface area contributed by atoms with Crippen molar-refractivity contribution in [2.45, 2.75) is 44.9 Å². The number of aliphatic imine (C=N–C) groups is 1. The molecule has 6 nitrogen and oxygen atoms in total. The Hall–Kier alpha value is -2.77. The van der Waals surface area contributed by atoms with Crippen LogP contribution in [0.1, 0.15) is 45.5 Å². The molecule has 7 heteroatoms. The third-order valence-electron chi connectivity index (χ3n) is 6.95. The fourth-order valence-electron chi connectivity index (χ4n) is 5.36. The van der Waals surface area contributed by atoms with Gasteiger partial charge in [0.2, 0.25) is 5.91 Å². The van der Waals surface area contributed by atoms with E-state index < -0.39 is 0 Å². The number of benzene rings is 1. The normalized spacial score (nSPS) is 20.9. The Morgan fingerprint density at radius 3 is 2.97 bits per heavy atom. The van der Waals surface area contributed by atoms with Crippen molar-refractivity contribution >= 4 is 23.0 Å². The summed E-state index contributed by atoms with van der Waals surface area (Å²) in [6.07, 6.45) is 6.65. The summed E-state index contributed by atoms with van der Waals surface area (Å²) < 4.78 is 1.82. The predicted molar refractivity (Wildman–Crippen MR) is 126 cm³/mol. The summed E-state index contributed by atoms with van der Waals surface area (Å²) in [5.41, 5.74) is 6.97. The maximum Gasteiger partial charge on any atom is 0.227 e. The number of amides is 1. The molecule has 1 atom stereocenters. The monoisotopic (exact) mass is 445 g/mol. The van der Waals surface area contributed by atoms with Gasteiger partial charge in [0.25, 0.3) is 0 Å². The molecule has 3 aromatic rings. The largest absolute Gasteiger partial charge is 0.334 e. The fraction of sp³-hybridized carbons (Fsp3) is 0.400. The molecule has 164 valence electrons. The van der Waals surface area contributed by atoms with Crippen LogP contribution < -0.4 is 0 Å². The van der Waals surface area contributed by atoms with Crippen molar-refractivity contribution in [1.82, 2.24) is 19.6 Å². The predicted octanol–water partition coefficient (Wildman–Crippen LogP) is 3.38. The molecule has 6 rings (SSSR count). The molecule has 1 amide bonds. The number of hydrogen-bond donors (Lipinski definition) is 0. The summed E-state index contributed by atoms with van der Waals surface area (Å²) in [5, 5.41) is 6.46. The van der Waals surface area contributed by atoms with Gasteiger partial charge in [0.15, 0.2) is 0 Å². The van der Waals surface area contributed by atoms with Gasteiger partial charge in [-0.2, -0.15) is 5.10 Å². The second-order valence-corrected chi connectivity index (χ2v) is 10.2. The molecule has 32 heavy (non-hydrogen) atoms. The molecular weight excluding hydrogens is 418 g/mol. The molecular formula is C25H27N5OS. The molecule has 0 aliphatic carbocycles. The van der Waals surface area contributed by atoms with Crippen LogP contribution in [0.4, 0.5) is 0 Å². The number of fused-ring (bicyclic) bond motifs is 2. The van der Waals surface area contributed by atoms with E-state index in [9.17, 15) is 4.79 Å². The van der Waals surface area contributed by atoms with Crippen molar-refractivity contribution in [2.24, 2.45) is 12.0 Å². The zero-order valence-corrected chi connectivity index (χ0v) is 19.1.